The topological polar surface area (TPSA) is 131 Å². The van der Waals surface area contributed by atoms with E-state index in [1.807, 2.05) is 0 Å². The zero-order chi connectivity index (χ0) is 27.4. The number of urea groups is 1. The van der Waals surface area contributed by atoms with Gasteiger partial charge in [-0.2, -0.15) is 13.2 Å². The quantitative estimate of drug-likeness (QED) is 0.193. The van der Waals surface area contributed by atoms with Crippen LogP contribution in [0.5, 0.6) is 0 Å². The van der Waals surface area contributed by atoms with E-state index in [4.69, 9.17) is 10.2 Å². The van der Waals surface area contributed by atoms with E-state index in [-0.39, 0.29) is 6.67 Å². The Morgan fingerprint density at radius 2 is 1.92 bits per heavy atom. The number of amides is 2. The minimum absolute atomic E-state index is 0.183. The average Bonchev–Trinajstić information content (AvgIpc) is 3.27. The summed E-state index contributed by atoms with van der Waals surface area (Å²) in [4.78, 5) is 18.4. The number of alkyl halides is 3. The molecule has 3 aromatic rings. The lowest BCUT2D eigenvalue weighted by Crippen LogP contribution is -2.42. The van der Waals surface area contributed by atoms with Crippen molar-refractivity contribution < 1.29 is 31.3 Å². The molecule has 1 aliphatic heterocycles. The number of halogens is 4. The molecule has 1 unspecified atom stereocenters. The predicted octanol–water partition coefficient (Wildman–Crippen LogP) is 3.38. The number of nitrogens with zero attached hydrogens (tertiary/aromatic N) is 2. The Hall–Kier alpha value is -3.91. The summed E-state index contributed by atoms with van der Waals surface area (Å²) in [5.74, 6) is 0.472. The number of hydrogen-bond donors (Lipinski definition) is 4. The molecule has 0 bridgehead atoms. The number of carbonyl (C=O) groups is 1. The van der Waals surface area contributed by atoms with E-state index in [0.29, 0.717) is 70.8 Å². The van der Waals surface area contributed by atoms with Crippen molar-refractivity contribution in [1.82, 2.24) is 0 Å². The van der Waals surface area contributed by atoms with Crippen LogP contribution in [-0.2, 0) is 17.4 Å². The fourth-order valence-corrected chi connectivity index (χ4v) is 4.19. The minimum Gasteiger partial charge on any atom is -0.617 e. The van der Waals surface area contributed by atoms with Crippen LogP contribution in [0.3, 0.4) is 0 Å². The second-order valence-corrected chi connectivity index (χ2v) is 9.87. The molecule has 2 amide bonds. The van der Waals surface area contributed by atoms with Crippen molar-refractivity contribution in [1.29, 1.82) is 0 Å². The van der Waals surface area contributed by atoms with Crippen molar-refractivity contribution in [3.63, 3.8) is 0 Å². The molecule has 0 fully saturated rings. The Morgan fingerprint density at radius 3 is 2.61 bits per heavy atom. The number of rotatable bonds is 8. The van der Waals surface area contributed by atoms with E-state index < -0.39 is 40.5 Å². The standard InChI is InChI=1S/C24H24F4N6O3S/c1-38(36)10-2-9-30-20-12-17-21(29)34(13-31-22(17)37-20)16-6-4-15(5-7-16)32-23(35)33-19-11-14(24(26,27)28)3-8-18(19)25/h3-8,11-12,30H,2,9-10,13,29H2,1H3,(H2,32,33,35). The Kier molecular flexibility index (Phi) is 8.02. The Morgan fingerprint density at radius 1 is 1.18 bits per heavy atom. The maximum absolute atomic E-state index is 13.9. The van der Waals surface area contributed by atoms with Crippen LogP contribution < -0.4 is 37.4 Å². The van der Waals surface area contributed by atoms with Crippen molar-refractivity contribution in [3.8, 4) is 0 Å². The van der Waals surface area contributed by atoms with Crippen molar-refractivity contribution in [2.45, 2.75) is 12.6 Å². The second kappa shape index (κ2) is 11.2. The van der Waals surface area contributed by atoms with Crippen molar-refractivity contribution in [3.05, 3.63) is 70.7 Å². The Bertz CT molecular complexity index is 1430. The molecule has 202 valence electrons. The fraction of sp³-hybridized carbons (Fsp3) is 0.250. The number of fused-ring (bicyclic) bond motifs is 1. The van der Waals surface area contributed by atoms with Gasteiger partial charge in [0.25, 0.3) is 0 Å². The van der Waals surface area contributed by atoms with E-state index in [1.54, 1.807) is 41.5 Å². The molecule has 2 aromatic carbocycles. The molecule has 0 radical (unpaired) electrons. The third kappa shape index (κ3) is 6.50. The van der Waals surface area contributed by atoms with E-state index >= 15 is 0 Å². The van der Waals surface area contributed by atoms with E-state index in [0.717, 1.165) is 0 Å². The van der Waals surface area contributed by atoms with Crippen LogP contribution in [0, 0.1) is 5.82 Å². The highest BCUT2D eigenvalue weighted by Gasteiger charge is 2.31. The summed E-state index contributed by atoms with van der Waals surface area (Å²) in [5, 5.41) is 8.25. The summed E-state index contributed by atoms with van der Waals surface area (Å²) in [7, 11) is 0. The Labute approximate surface area is 217 Å². The summed E-state index contributed by atoms with van der Waals surface area (Å²) in [5.41, 5.74) is 6.03. The minimum atomic E-state index is -4.68. The molecule has 0 saturated carbocycles. The number of nitrogens with one attached hydrogen (secondary N) is 3. The summed E-state index contributed by atoms with van der Waals surface area (Å²) in [6, 6.07) is 9.01. The fourth-order valence-electron chi connectivity index (χ4n) is 3.64. The molecule has 38 heavy (non-hydrogen) atoms. The maximum atomic E-state index is 13.9. The highest BCUT2D eigenvalue weighted by Crippen LogP contribution is 2.32. The normalized spacial score (nSPS) is 13.9. The van der Waals surface area contributed by atoms with Gasteiger partial charge in [-0.1, -0.05) is 11.2 Å². The van der Waals surface area contributed by atoms with Crippen LogP contribution in [0.25, 0.3) is 5.82 Å². The first-order valence-electron chi connectivity index (χ1n) is 11.3. The van der Waals surface area contributed by atoms with Crippen LogP contribution in [0.2, 0.25) is 0 Å². The monoisotopic (exact) mass is 552 g/mol. The number of nitrogens with two attached hydrogens (primary N) is 1. The first-order valence-corrected chi connectivity index (χ1v) is 13.0. The molecule has 0 spiro atoms. The van der Waals surface area contributed by atoms with Gasteiger partial charge < -0.3 is 35.6 Å². The molecule has 2 heterocycles. The largest absolute Gasteiger partial charge is 0.617 e. The average molecular weight is 553 g/mol. The van der Waals surface area contributed by atoms with Crippen LogP contribution in [-0.4, -0.2) is 35.8 Å². The maximum Gasteiger partial charge on any atom is 0.416 e. The first kappa shape index (κ1) is 27.1. The van der Waals surface area contributed by atoms with Gasteiger partial charge in [0, 0.05) is 30.4 Å². The van der Waals surface area contributed by atoms with Crippen LogP contribution in [0.4, 0.5) is 45.3 Å². The Balaban J connectivity index is 1.41. The van der Waals surface area contributed by atoms with Crippen molar-refractivity contribution >= 4 is 46.0 Å². The van der Waals surface area contributed by atoms with Gasteiger partial charge in [-0.25, -0.2) is 14.2 Å². The number of hydrogen-bond acceptors (Lipinski definition) is 7. The number of benzene rings is 2. The summed E-state index contributed by atoms with van der Waals surface area (Å²) in [6.07, 6.45) is -2.32. The van der Waals surface area contributed by atoms with Gasteiger partial charge in [-0.15, -0.1) is 0 Å². The van der Waals surface area contributed by atoms with Gasteiger partial charge in [-0.3, -0.25) is 0 Å². The van der Waals surface area contributed by atoms with E-state index in [2.05, 4.69) is 20.9 Å². The molecule has 1 aliphatic rings. The lowest BCUT2D eigenvalue weighted by Gasteiger charge is -2.24. The predicted molar refractivity (Wildman–Crippen MR) is 137 cm³/mol. The lowest BCUT2D eigenvalue weighted by atomic mass is 10.2. The number of carbonyl (C=O) groups excluding carboxylic acids is 1. The van der Waals surface area contributed by atoms with Gasteiger partial charge in [0.05, 0.1) is 22.7 Å². The molecule has 14 heteroatoms. The van der Waals surface area contributed by atoms with Gasteiger partial charge in [0.1, 0.15) is 24.1 Å². The highest BCUT2D eigenvalue weighted by molar-refractivity contribution is 7.90. The second-order valence-electron chi connectivity index (χ2n) is 8.32. The van der Waals surface area contributed by atoms with Gasteiger partial charge >= 0.3 is 12.2 Å². The SMILES string of the molecule is C[S+]([O-])CCCNc1cc2c(o1)=NCN(c1ccc(NC(=O)Nc3cc(C(F)(F)F)ccc3F)cc1)C=2N. The number of anilines is 4. The summed E-state index contributed by atoms with van der Waals surface area (Å²) in [6.45, 7) is 0.765. The summed E-state index contributed by atoms with van der Waals surface area (Å²) < 4.78 is 69.4. The molecular weight excluding hydrogens is 528 g/mol. The first-order chi connectivity index (χ1) is 18.0. The van der Waals surface area contributed by atoms with E-state index in [9.17, 15) is 26.9 Å². The third-order valence-corrected chi connectivity index (χ3v) is 6.39. The van der Waals surface area contributed by atoms with Gasteiger partial charge in [0.15, 0.2) is 5.88 Å². The molecule has 5 N–H and O–H groups in total. The molecule has 1 atom stereocenters. The van der Waals surface area contributed by atoms with Crippen LogP contribution in [0.15, 0.2) is 57.9 Å². The zero-order valence-corrected chi connectivity index (χ0v) is 20.9. The molecule has 1 aromatic heterocycles. The van der Waals surface area contributed by atoms with Crippen LogP contribution in [0.1, 0.15) is 12.0 Å². The van der Waals surface area contributed by atoms with Crippen molar-refractivity contribution in [2.75, 3.05) is 46.1 Å². The molecule has 9 nitrogen and oxygen atoms in total. The van der Waals surface area contributed by atoms with Gasteiger partial charge in [-0.05, 0) is 42.5 Å². The molecule has 4 rings (SSSR count). The third-order valence-electron chi connectivity index (χ3n) is 5.52. The van der Waals surface area contributed by atoms with Crippen LogP contribution >= 0.6 is 0 Å². The smallest absolute Gasteiger partial charge is 0.416 e. The van der Waals surface area contributed by atoms with E-state index in [1.165, 1.54) is 0 Å². The molecule has 0 aliphatic carbocycles. The zero-order valence-electron chi connectivity index (χ0n) is 20.1. The molecule has 0 saturated heterocycles. The van der Waals surface area contributed by atoms with Gasteiger partial charge in [0.2, 0.25) is 5.55 Å². The molecular formula is C24H24F4N6O3S. The number of furan rings is 1. The summed E-state index contributed by atoms with van der Waals surface area (Å²) >= 11 is -0.866. The lowest BCUT2D eigenvalue weighted by molar-refractivity contribution is -0.137. The highest BCUT2D eigenvalue weighted by atomic mass is 32.2. The van der Waals surface area contributed by atoms with Crippen molar-refractivity contribution in [2.24, 2.45) is 10.7 Å².